The van der Waals surface area contributed by atoms with Crippen molar-refractivity contribution in [3.63, 3.8) is 0 Å². The fraction of sp³-hybridized carbons (Fsp3) is 0.333. The van der Waals surface area contributed by atoms with Crippen LogP contribution in [0.1, 0.15) is 6.92 Å². The summed E-state index contributed by atoms with van der Waals surface area (Å²) in [5.41, 5.74) is 2.09. The number of hydroxylamine groups is 1. The Morgan fingerprint density at radius 2 is 2.38 bits per heavy atom. The van der Waals surface area contributed by atoms with Crippen molar-refractivity contribution >= 4 is 35.1 Å². The maximum atomic E-state index is 9.97. The molecule has 0 saturated carbocycles. The Morgan fingerprint density at radius 3 is 2.50 bits per heavy atom. The van der Waals surface area contributed by atoms with Crippen LogP contribution in [0.4, 0.5) is 0 Å². The molecule has 0 bridgehead atoms. The van der Waals surface area contributed by atoms with Crippen LogP contribution in [0.2, 0.25) is 0 Å². The zero-order valence-electron chi connectivity index (χ0n) is 4.17. The molecular weight excluding hydrogens is 146 g/mol. The number of carbonyl (C=O) groups excluding carboxylic acids is 1. The maximum Gasteiger partial charge on any atom is 0.329 e. The molecule has 0 aliphatic heterocycles. The van der Waals surface area contributed by atoms with Gasteiger partial charge in [-0.3, -0.25) is 4.79 Å². The van der Waals surface area contributed by atoms with E-state index in [1.165, 1.54) is 6.92 Å². The molecule has 0 saturated heterocycles. The highest BCUT2D eigenvalue weighted by Gasteiger charge is 1.89. The van der Waals surface area contributed by atoms with E-state index in [0.717, 1.165) is 0 Å². The molecule has 0 rings (SSSR count). The van der Waals surface area contributed by atoms with Gasteiger partial charge in [0.25, 0.3) is 0 Å². The van der Waals surface area contributed by atoms with Gasteiger partial charge in [-0.2, -0.15) is 0 Å². The molecule has 0 aliphatic carbocycles. The zero-order chi connectivity index (χ0) is 6.57. The predicted molar refractivity (Wildman–Crippen MR) is 36.5 cm³/mol. The van der Waals surface area contributed by atoms with Crippen molar-refractivity contribution in [2.45, 2.75) is 6.92 Å². The summed E-state index contributed by atoms with van der Waals surface area (Å²) in [6, 6.07) is 0. The van der Waals surface area contributed by atoms with E-state index in [4.69, 9.17) is 0 Å². The van der Waals surface area contributed by atoms with Crippen LogP contribution in [-0.2, 0) is 9.63 Å². The van der Waals surface area contributed by atoms with Crippen molar-refractivity contribution in [1.82, 2.24) is 5.48 Å². The molecule has 0 fully saturated rings. The van der Waals surface area contributed by atoms with E-state index >= 15 is 0 Å². The number of rotatable bonds is 0. The number of thiol groups is 1. The monoisotopic (exact) mass is 151 g/mol. The van der Waals surface area contributed by atoms with Crippen LogP contribution in [0.3, 0.4) is 0 Å². The summed E-state index contributed by atoms with van der Waals surface area (Å²) >= 11 is 8.01. The number of thiocarbonyl (C=S) groups is 1. The smallest absolute Gasteiger partial charge is 0.329 e. The van der Waals surface area contributed by atoms with Gasteiger partial charge in [0.1, 0.15) is 0 Å². The molecule has 0 aliphatic rings. The Bertz CT molecular complexity index is 99.9. The van der Waals surface area contributed by atoms with Gasteiger partial charge >= 0.3 is 5.97 Å². The van der Waals surface area contributed by atoms with Gasteiger partial charge in [-0.05, 0) is 12.2 Å². The molecule has 1 N–H and O–H groups in total. The number of nitrogens with one attached hydrogen (secondary N) is 1. The van der Waals surface area contributed by atoms with E-state index < -0.39 is 5.97 Å². The second-order valence-corrected chi connectivity index (χ2v) is 2.16. The van der Waals surface area contributed by atoms with Crippen molar-refractivity contribution in [3.05, 3.63) is 0 Å². The van der Waals surface area contributed by atoms with E-state index in [-0.39, 0.29) is 4.32 Å². The Balaban J connectivity index is 3.18. The Kier molecular flexibility index (Phi) is 3.55. The molecule has 0 aromatic carbocycles. The summed E-state index contributed by atoms with van der Waals surface area (Å²) in [6.45, 7) is 1.26. The number of hydrogen-bond donors (Lipinski definition) is 2. The van der Waals surface area contributed by atoms with Crippen LogP contribution in [0, 0.1) is 0 Å². The fourth-order valence-corrected chi connectivity index (χ4v) is 0.203. The largest absolute Gasteiger partial charge is 0.342 e. The highest BCUT2D eigenvalue weighted by Crippen LogP contribution is 1.77. The Labute approximate surface area is 57.8 Å². The van der Waals surface area contributed by atoms with E-state index in [1.807, 2.05) is 0 Å². The standard InChI is InChI=1S/C3H5NO2S2/c1-2(5)6-4-3(7)8/h1H3,(H2,4,7,8). The summed E-state index contributed by atoms with van der Waals surface area (Å²) in [6.07, 6.45) is 0. The minimum atomic E-state index is -0.443. The summed E-state index contributed by atoms with van der Waals surface area (Å²) in [7, 11) is 0. The lowest BCUT2D eigenvalue weighted by Gasteiger charge is -1.97. The molecule has 0 aromatic heterocycles. The second-order valence-electron chi connectivity index (χ2n) is 1.00. The van der Waals surface area contributed by atoms with E-state index in [9.17, 15) is 4.79 Å². The molecule has 0 aromatic rings. The third-order valence-electron chi connectivity index (χ3n) is 0.282. The summed E-state index contributed by atoms with van der Waals surface area (Å²) < 4.78 is 0.139. The van der Waals surface area contributed by atoms with Crippen molar-refractivity contribution < 1.29 is 9.63 Å². The van der Waals surface area contributed by atoms with Crippen LogP contribution in [-0.4, -0.2) is 10.3 Å². The van der Waals surface area contributed by atoms with E-state index in [0.29, 0.717) is 0 Å². The first-order valence-electron chi connectivity index (χ1n) is 1.79. The Hall–Kier alpha value is -0.290. The average molecular weight is 151 g/mol. The molecule has 0 amide bonds. The first-order chi connectivity index (χ1) is 3.63. The van der Waals surface area contributed by atoms with Crippen LogP contribution in [0.5, 0.6) is 0 Å². The molecule has 8 heavy (non-hydrogen) atoms. The summed E-state index contributed by atoms with van der Waals surface area (Å²) in [5, 5.41) is 0. The van der Waals surface area contributed by atoms with E-state index in [1.54, 1.807) is 0 Å². The normalized spacial score (nSPS) is 7.75. The minimum absolute atomic E-state index is 0.139. The maximum absolute atomic E-state index is 9.97. The van der Waals surface area contributed by atoms with Gasteiger partial charge in [0.2, 0.25) is 0 Å². The molecule has 0 unspecified atom stereocenters. The lowest BCUT2D eigenvalue weighted by Crippen LogP contribution is -2.19. The summed E-state index contributed by atoms with van der Waals surface area (Å²) in [4.78, 5) is 14.2. The molecule has 0 radical (unpaired) electrons. The lowest BCUT2D eigenvalue weighted by atomic mass is 10.8. The lowest BCUT2D eigenvalue weighted by molar-refractivity contribution is -0.144. The first-order valence-corrected chi connectivity index (χ1v) is 2.65. The highest BCUT2D eigenvalue weighted by atomic mass is 32.1. The van der Waals surface area contributed by atoms with Crippen molar-refractivity contribution in [2.24, 2.45) is 0 Å². The topological polar surface area (TPSA) is 38.3 Å². The van der Waals surface area contributed by atoms with Crippen molar-refractivity contribution in [3.8, 4) is 0 Å². The molecule has 0 spiro atoms. The quantitative estimate of drug-likeness (QED) is 0.296. The summed E-state index contributed by atoms with van der Waals surface area (Å²) in [5.74, 6) is -0.443. The number of carbonyl (C=O) groups is 1. The molecule has 0 heterocycles. The third-order valence-corrected chi connectivity index (χ3v) is 0.457. The van der Waals surface area contributed by atoms with Crippen LogP contribution < -0.4 is 5.48 Å². The highest BCUT2D eigenvalue weighted by molar-refractivity contribution is 8.11. The second kappa shape index (κ2) is 3.68. The van der Waals surface area contributed by atoms with Crippen LogP contribution in [0.15, 0.2) is 0 Å². The minimum Gasteiger partial charge on any atom is -0.342 e. The van der Waals surface area contributed by atoms with Gasteiger partial charge in [-0.25, -0.2) is 5.48 Å². The van der Waals surface area contributed by atoms with Crippen molar-refractivity contribution in [1.29, 1.82) is 0 Å². The average Bonchev–Trinajstić information content (AvgIpc) is 1.61. The van der Waals surface area contributed by atoms with Gasteiger partial charge < -0.3 is 4.84 Å². The van der Waals surface area contributed by atoms with Gasteiger partial charge in [0.05, 0.1) is 0 Å². The molecule has 0 atom stereocenters. The van der Waals surface area contributed by atoms with Gasteiger partial charge in [-0.15, -0.1) is 12.6 Å². The van der Waals surface area contributed by atoms with Crippen LogP contribution in [0.25, 0.3) is 0 Å². The third kappa shape index (κ3) is 5.71. The van der Waals surface area contributed by atoms with Gasteiger partial charge in [0, 0.05) is 6.92 Å². The predicted octanol–water partition coefficient (Wildman–Crippen LogP) is 0.269. The zero-order valence-corrected chi connectivity index (χ0v) is 5.88. The van der Waals surface area contributed by atoms with Gasteiger partial charge in [0.15, 0.2) is 4.32 Å². The first kappa shape index (κ1) is 7.71. The molecular formula is C3H5NO2S2. The number of hydrogen-bond acceptors (Lipinski definition) is 3. The van der Waals surface area contributed by atoms with Crippen molar-refractivity contribution in [2.75, 3.05) is 0 Å². The molecule has 3 nitrogen and oxygen atoms in total. The van der Waals surface area contributed by atoms with Crippen LogP contribution >= 0.6 is 24.8 Å². The molecule has 5 heteroatoms. The molecule has 46 valence electrons. The van der Waals surface area contributed by atoms with Gasteiger partial charge in [-0.1, -0.05) is 0 Å². The Morgan fingerprint density at radius 1 is 1.88 bits per heavy atom. The fourth-order valence-electron chi connectivity index (χ4n) is 0.116. The SMILES string of the molecule is CC(=O)ONC(=S)S. The van der Waals surface area contributed by atoms with E-state index in [2.05, 4.69) is 35.2 Å².